The van der Waals surface area contributed by atoms with E-state index in [1.54, 1.807) is 19.1 Å². The van der Waals surface area contributed by atoms with Gasteiger partial charge in [0.05, 0.1) is 4.90 Å². The highest BCUT2D eigenvalue weighted by molar-refractivity contribution is 7.89. The fraction of sp³-hybridized carbons (Fsp3) is 0.381. The molecule has 0 aromatic heterocycles. The molecule has 0 heterocycles. The summed E-state index contributed by atoms with van der Waals surface area (Å²) < 4.78 is 32.5. The smallest absolute Gasteiger partial charge is 0.262 e. The van der Waals surface area contributed by atoms with Gasteiger partial charge in [-0.1, -0.05) is 32.0 Å². The first-order chi connectivity index (χ1) is 13.3. The molecule has 0 aliphatic carbocycles. The Hall–Kier alpha value is -2.38. The van der Waals surface area contributed by atoms with E-state index in [2.05, 4.69) is 10.0 Å². The molecule has 0 saturated heterocycles. The summed E-state index contributed by atoms with van der Waals surface area (Å²) in [5, 5.41) is 2.91. The topological polar surface area (TPSA) is 84.5 Å². The van der Waals surface area contributed by atoms with Crippen molar-refractivity contribution in [3.05, 3.63) is 53.1 Å². The molecular weight excluding hydrogens is 376 g/mol. The van der Waals surface area contributed by atoms with E-state index < -0.39 is 10.0 Å². The number of carbonyl (C=O) groups is 1. The van der Waals surface area contributed by atoms with E-state index in [0.717, 1.165) is 29.7 Å². The van der Waals surface area contributed by atoms with E-state index in [1.165, 1.54) is 6.07 Å². The molecule has 0 saturated carbocycles. The van der Waals surface area contributed by atoms with Crippen molar-refractivity contribution in [3.8, 4) is 5.75 Å². The summed E-state index contributed by atoms with van der Waals surface area (Å²) in [7, 11) is -3.53. The van der Waals surface area contributed by atoms with E-state index in [9.17, 15) is 13.2 Å². The molecule has 6 nitrogen and oxygen atoms in total. The summed E-state index contributed by atoms with van der Waals surface area (Å²) in [6.45, 7) is 7.87. The van der Waals surface area contributed by atoms with E-state index >= 15 is 0 Å². The van der Waals surface area contributed by atoms with Crippen molar-refractivity contribution in [1.82, 2.24) is 4.72 Å². The van der Waals surface area contributed by atoms with Gasteiger partial charge >= 0.3 is 0 Å². The minimum absolute atomic E-state index is 0.154. The van der Waals surface area contributed by atoms with Crippen LogP contribution in [-0.4, -0.2) is 27.5 Å². The van der Waals surface area contributed by atoms with Gasteiger partial charge in [-0.2, -0.15) is 0 Å². The van der Waals surface area contributed by atoms with Gasteiger partial charge in [0.25, 0.3) is 5.91 Å². The molecule has 152 valence electrons. The molecule has 0 aliphatic heterocycles. The standard InChI is InChI=1S/C21H28N2O4S/c1-5-12-22-28(25,26)18-10-11-19(16(4)13-18)27-14-20(24)23-21-15(3)8-7-9-17(21)6-2/h7-11,13,22H,5-6,12,14H2,1-4H3,(H,23,24). The minimum atomic E-state index is -3.53. The lowest BCUT2D eigenvalue weighted by Gasteiger charge is -2.14. The summed E-state index contributed by atoms with van der Waals surface area (Å²) in [5.41, 5.74) is 3.53. The molecule has 0 spiro atoms. The zero-order valence-electron chi connectivity index (χ0n) is 16.8. The Morgan fingerprint density at radius 3 is 2.46 bits per heavy atom. The predicted octanol–water partition coefficient (Wildman–Crippen LogP) is 3.57. The first-order valence-corrected chi connectivity index (χ1v) is 10.9. The number of amides is 1. The Morgan fingerprint density at radius 1 is 1.07 bits per heavy atom. The molecule has 2 N–H and O–H groups in total. The van der Waals surface area contributed by atoms with Crippen LogP contribution in [-0.2, 0) is 21.2 Å². The number of ether oxygens (including phenoxy) is 1. The van der Waals surface area contributed by atoms with Gasteiger partial charge in [-0.15, -0.1) is 0 Å². The van der Waals surface area contributed by atoms with E-state index in [1.807, 2.05) is 39.0 Å². The average Bonchev–Trinajstić information content (AvgIpc) is 2.67. The van der Waals surface area contributed by atoms with Crippen molar-refractivity contribution >= 4 is 21.6 Å². The van der Waals surface area contributed by atoms with Crippen molar-refractivity contribution in [2.45, 2.75) is 45.4 Å². The Kier molecular flexibility index (Phi) is 7.60. The quantitative estimate of drug-likeness (QED) is 0.669. The third-order valence-corrected chi connectivity index (χ3v) is 5.82. The van der Waals surface area contributed by atoms with Crippen LogP contribution < -0.4 is 14.8 Å². The second-order valence-corrected chi connectivity index (χ2v) is 8.39. The van der Waals surface area contributed by atoms with Crippen LogP contribution in [0.25, 0.3) is 0 Å². The highest BCUT2D eigenvalue weighted by Crippen LogP contribution is 2.23. The normalized spacial score (nSPS) is 11.3. The number of sulfonamides is 1. The summed E-state index contributed by atoms with van der Waals surface area (Å²) in [6.07, 6.45) is 1.54. The first-order valence-electron chi connectivity index (χ1n) is 9.40. The second-order valence-electron chi connectivity index (χ2n) is 6.62. The monoisotopic (exact) mass is 404 g/mol. The van der Waals surface area contributed by atoms with Crippen LogP contribution in [0.4, 0.5) is 5.69 Å². The van der Waals surface area contributed by atoms with Gasteiger partial charge in [0.15, 0.2) is 6.61 Å². The number of carbonyl (C=O) groups excluding carboxylic acids is 1. The summed E-state index contributed by atoms with van der Waals surface area (Å²) in [5.74, 6) is 0.217. The maximum absolute atomic E-state index is 12.3. The van der Waals surface area contributed by atoms with Gasteiger partial charge in [-0.25, -0.2) is 13.1 Å². The summed E-state index contributed by atoms with van der Waals surface area (Å²) in [4.78, 5) is 12.5. The molecule has 0 radical (unpaired) electrons. The number of rotatable bonds is 9. The molecular formula is C21H28N2O4S. The van der Waals surface area contributed by atoms with Gasteiger partial charge in [0.1, 0.15) is 5.75 Å². The molecule has 0 fully saturated rings. The van der Waals surface area contributed by atoms with Crippen LogP contribution in [0, 0.1) is 13.8 Å². The minimum Gasteiger partial charge on any atom is -0.483 e. The van der Waals surface area contributed by atoms with Gasteiger partial charge in [-0.3, -0.25) is 4.79 Å². The van der Waals surface area contributed by atoms with Gasteiger partial charge in [0.2, 0.25) is 10.0 Å². The molecule has 0 aliphatic rings. The highest BCUT2D eigenvalue weighted by Gasteiger charge is 2.15. The van der Waals surface area contributed by atoms with Crippen molar-refractivity contribution in [3.63, 3.8) is 0 Å². The molecule has 7 heteroatoms. The predicted molar refractivity (Wildman–Crippen MR) is 111 cm³/mol. The third kappa shape index (κ3) is 5.56. The number of nitrogens with one attached hydrogen (secondary N) is 2. The molecule has 1 amide bonds. The average molecular weight is 405 g/mol. The number of para-hydroxylation sites is 1. The molecule has 0 bridgehead atoms. The Balaban J connectivity index is 2.04. The third-order valence-electron chi connectivity index (χ3n) is 4.36. The maximum Gasteiger partial charge on any atom is 0.262 e. The lowest BCUT2D eigenvalue weighted by atomic mass is 10.1. The van der Waals surface area contributed by atoms with Crippen LogP contribution in [0.15, 0.2) is 41.3 Å². The molecule has 2 aromatic carbocycles. The van der Waals surface area contributed by atoms with Crippen molar-refractivity contribution < 1.29 is 17.9 Å². The highest BCUT2D eigenvalue weighted by atomic mass is 32.2. The largest absolute Gasteiger partial charge is 0.483 e. The summed E-state index contributed by atoms with van der Waals surface area (Å²) in [6, 6.07) is 10.5. The fourth-order valence-electron chi connectivity index (χ4n) is 2.79. The van der Waals surface area contributed by atoms with E-state index in [4.69, 9.17) is 4.74 Å². The molecule has 2 aromatic rings. The first kappa shape index (κ1) is 21.9. The van der Waals surface area contributed by atoms with Crippen molar-refractivity contribution in [2.75, 3.05) is 18.5 Å². The molecule has 0 unspecified atom stereocenters. The van der Waals surface area contributed by atoms with Gasteiger partial charge < -0.3 is 10.1 Å². The molecule has 2 rings (SSSR count). The number of hydrogen-bond donors (Lipinski definition) is 2. The van der Waals surface area contributed by atoms with Crippen LogP contribution in [0.1, 0.15) is 37.0 Å². The van der Waals surface area contributed by atoms with Crippen LogP contribution in [0.5, 0.6) is 5.75 Å². The summed E-state index contributed by atoms with van der Waals surface area (Å²) >= 11 is 0. The number of anilines is 1. The number of hydrogen-bond acceptors (Lipinski definition) is 4. The molecule has 28 heavy (non-hydrogen) atoms. The van der Waals surface area contributed by atoms with Crippen molar-refractivity contribution in [2.24, 2.45) is 0 Å². The lowest BCUT2D eigenvalue weighted by Crippen LogP contribution is -2.24. The van der Waals surface area contributed by atoms with E-state index in [0.29, 0.717) is 17.9 Å². The zero-order valence-corrected chi connectivity index (χ0v) is 17.7. The van der Waals surface area contributed by atoms with Crippen LogP contribution >= 0.6 is 0 Å². The fourth-order valence-corrected chi connectivity index (χ4v) is 4.01. The van der Waals surface area contributed by atoms with Crippen LogP contribution in [0.3, 0.4) is 0 Å². The van der Waals surface area contributed by atoms with Crippen molar-refractivity contribution in [1.29, 1.82) is 0 Å². The Labute approximate surface area is 167 Å². The second kappa shape index (κ2) is 9.71. The molecule has 0 atom stereocenters. The maximum atomic E-state index is 12.3. The van der Waals surface area contributed by atoms with Gasteiger partial charge in [-0.05, 0) is 61.6 Å². The zero-order chi connectivity index (χ0) is 20.7. The lowest BCUT2D eigenvalue weighted by molar-refractivity contribution is -0.118. The Bertz CT molecular complexity index is 939. The van der Waals surface area contributed by atoms with E-state index in [-0.39, 0.29) is 17.4 Å². The van der Waals surface area contributed by atoms with Crippen LogP contribution in [0.2, 0.25) is 0 Å². The SMILES string of the molecule is CCCNS(=O)(=O)c1ccc(OCC(=O)Nc2c(C)cccc2CC)c(C)c1. The Morgan fingerprint density at radius 2 is 1.82 bits per heavy atom. The van der Waals surface area contributed by atoms with Gasteiger partial charge in [0, 0.05) is 12.2 Å². The number of benzene rings is 2. The number of aryl methyl sites for hydroxylation is 3.